The zero-order valence-electron chi connectivity index (χ0n) is 10.1. The fourth-order valence-corrected chi connectivity index (χ4v) is 2.22. The van der Waals surface area contributed by atoms with Gasteiger partial charge in [-0.2, -0.15) is 0 Å². The summed E-state index contributed by atoms with van der Waals surface area (Å²) in [6.07, 6.45) is 3.40. The van der Waals surface area contributed by atoms with Gasteiger partial charge in [0.25, 0.3) is 0 Å². The predicted molar refractivity (Wildman–Crippen MR) is 70.2 cm³/mol. The molecule has 0 aromatic heterocycles. The van der Waals surface area contributed by atoms with Gasteiger partial charge in [0.05, 0.1) is 0 Å². The Kier molecular flexibility index (Phi) is 3.61. The molecule has 0 atom stereocenters. The number of benzene rings is 1. The fraction of sp³-hybridized carbons (Fsp3) is 0.400. The maximum Gasteiger partial charge on any atom is 0.00341 e. The molecule has 1 aromatic carbocycles. The zero-order chi connectivity index (χ0) is 11.4. The number of hydrogen-bond donors (Lipinski definition) is 1. The lowest BCUT2D eigenvalue weighted by Gasteiger charge is -2.06. The molecule has 1 heteroatoms. The molecular weight excluding hydrogens is 194 g/mol. The Morgan fingerprint density at radius 1 is 1.06 bits per heavy atom. The highest BCUT2D eigenvalue weighted by molar-refractivity contribution is 5.88. The van der Waals surface area contributed by atoms with Crippen LogP contribution >= 0.6 is 0 Å². The third-order valence-corrected chi connectivity index (χ3v) is 3.00. The van der Waals surface area contributed by atoms with Crippen molar-refractivity contribution in [2.75, 3.05) is 13.6 Å². The van der Waals surface area contributed by atoms with Gasteiger partial charge in [0.1, 0.15) is 0 Å². The molecule has 0 radical (unpaired) electrons. The van der Waals surface area contributed by atoms with E-state index < -0.39 is 0 Å². The molecule has 0 bridgehead atoms. The summed E-state index contributed by atoms with van der Waals surface area (Å²) in [4.78, 5) is 0. The first-order valence-corrected chi connectivity index (χ1v) is 6.10. The highest BCUT2D eigenvalue weighted by atomic mass is 14.8. The summed E-state index contributed by atoms with van der Waals surface area (Å²) in [7, 11) is 2.00. The molecule has 0 unspecified atom stereocenters. The van der Waals surface area contributed by atoms with Gasteiger partial charge in [0.2, 0.25) is 0 Å². The van der Waals surface area contributed by atoms with Crippen LogP contribution in [0.25, 0.3) is 11.1 Å². The Morgan fingerprint density at radius 3 is 2.25 bits per heavy atom. The van der Waals surface area contributed by atoms with E-state index in [0.717, 1.165) is 19.4 Å². The van der Waals surface area contributed by atoms with Gasteiger partial charge in [0, 0.05) is 11.1 Å². The first-order chi connectivity index (χ1) is 7.86. The van der Waals surface area contributed by atoms with Crippen molar-refractivity contribution in [2.45, 2.75) is 26.2 Å². The second kappa shape index (κ2) is 5.16. The van der Waals surface area contributed by atoms with Crippen molar-refractivity contribution >= 4 is 11.1 Å². The Morgan fingerprint density at radius 2 is 1.69 bits per heavy atom. The molecule has 1 aliphatic carbocycles. The first-order valence-electron chi connectivity index (χ1n) is 6.10. The lowest BCUT2D eigenvalue weighted by molar-refractivity contribution is 0.816. The van der Waals surface area contributed by atoms with Crippen LogP contribution in [0.3, 0.4) is 0 Å². The minimum atomic E-state index is 1.02. The first kappa shape index (κ1) is 11.2. The van der Waals surface area contributed by atoms with E-state index in [1.54, 1.807) is 0 Å². The lowest BCUT2D eigenvalue weighted by Crippen LogP contribution is -2.07. The molecular formula is C15H19N. The molecule has 1 aliphatic rings. The maximum atomic E-state index is 3.59. The normalized spacial score (nSPS) is 13.4. The summed E-state index contributed by atoms with van der Waals surface area (Å²) in [5, 5.41) is 3.20. The monoisotopic (exact) mass is 213 g/mol. The van der Waals surface area contributed by atoms with Crippen molar-refractivity contribution in [3.05, 3.63) is 41.1 Å². The van der Waals surface area contributed by atoms with Gasteiger partial charge in [-0.25, -0.2) is 0 Å². The van der Waals surface area contributed by atoms with Crippen molar-refractivity contribution in [1.82, 2.24) is 5.32 Å². The van der Waals surface area contributed by atoms with Gasteiger partial charge in [-0.1, -0.05) is 37.6 Å². The molecule has 84 valence electrons. The highest BCUT2D eigenvalue weighted by Crippen LogP contribution is 2.34. The van der Waals surface area contributed by atoms with Gasteiger partial charge >= 0.3 is 0 Å². The van der Waals surface area contributed by atoms with Crippen LogP contribution in [0, 0.1) is 0 Å². The van der Waals surface area contributed by atoms with Crippen LogP contribution in [-0.4, -0.2) is 13.6 Å². The van der Waals surface area contributed by atoms with Gasteiger partial charge < -0.3 is 5.32 Å². The Hall–Kier alpha value is -1.30. The minimum Gasteiger partial charge on any atom is -0.319 e. The third kappa shape index (κ3) is 2.11. The summed E-state index contributed by atoms with van der Waals surface area (Å²) in [6, 6.07) is 8.68. The molecule has 1 N–H and O–H groups in total. The second-order valence-corrected chi connectivity index (χ2v) is 4.23. The summed E-state index contributed by atoms with van der Waals surface area (Å²) in [5.41, 5.74) is 9.14. The highest BCUT2D eigenvalue weighted by Gasteiger charge is 2.15. The fourth-order valence-electron chi connectivity index (χ4n) is 2.22. The molecule has 0 amide bonds. The average Bonchev–Trinajstić information content (AvgIpc) is 2.66. The number of rotatable bonds is 5. The Balaban J connectivity index is 2.31. The molecule has 2 rings (SSSR count). The summed E-state index contributed by atoms with van der Waals surface area (Å²) < 4.78 is 0. The van der Waals surface area contributed by atoms with Crippen LogP contribution in [0.5, 0.6) is 0 Å². The second-order valence-electron chi connectivity index (χ2n) is 4.23. The van der Waals surface area contributed by atoms with Crippen molar-refractivity contribution in [3.8, 4) is 0 Å². The summed E-state index contributed by atoms with van der Waals surface area (Å²) in [5.74, 6) is 0. The SMILES string of the molecule is CCCC1=C=C(CCNC)c2ccccc21. The van der Waals surface area contributed by atoms with E-state index in [4.69, 9.17) is 0 Å². The van der Waals surface area contributed by atoms with Crippen molar-refractivity contribution in [3.63, 3.8) is 0 Å². The van der Waals surface area contributed by atoms with Crippen LogP contribution in [-0.2, 0) is 0 Å². The quantitative estimate of drug-likeness (QED) is 0.738. The van der Waals surface area contributed by atoms with Crippen molar-refractivity contribution < 1.29 is 0 Å². The molecule has 16 heavy (non-hydrogen) atoms. The molecule has 0 fully saturated rings. The van der Waals surface area contributed by atoms with E-state index in [2.05, 4.69) is 42.2 Å². The molecule has 0 heterocycles. The maximum absolute atomic E-state index is 3.59. The molecule has 1 aromatic rings. The summed E-state index contributed by atoms with van der Waals surface area (Å²) >= 11 is 0. The van der Waals surface area contributed by atoms with Gasteiger partial charge in [-0.3, -0.25) is 0 Å². The van der Waals surface area contributed by atoms with Crippen LogP contribution in [0.2, 0.25) is 0 Å². The lowest BCUT2D eigenvalue weighted by atomic mass is 9.99. The molecule has 1 nitrogen and oxygen atoms in total. The standard InChI is InChI=1S/C15H19N/c1-3-6-12-11-13(9-10-16-2)15-8-5-4-7-14(12)15/h4-5,7-8,16H,3,6,9-10H2,1-2H3. The molecule has 0 saturated heterocycles. The van der Waals surface area contributed by atoms with E-state index in [0.29, 0.717) is 0 Å². The Labute approximate surface area is 97.9 Å². The number of nitrogens with one attached hydrogen (secondary N) is 1. The van der Waals surface area contributed by atoms with Crippen LogP contribution in [0.4, 0.5) is 0 Å². The smallest absolute Gasteiger partial charge is 0.00341 e. The van der Waals surface area contributed by atoms with E-state index in [1.165, 1.54) is 28.7 Å². The van der Waals surface area contributed by atoms with Gasteiger partial charge in [-0.15, -0.1) is 5.73 Å². The third-order valence-electron chi connectivity index (χ3n) is 3.00. The summed E-state index contributed by atoms with van der Waals surface area (Å²) in [6.45, 7) is 3.25. The van der Waals surface area contributed by atoms with E-state index in [1.807, 2.05) is 7.05 Å². The number of hydrogen-bond acceptors (Lipinski definition) is 1. The van der Waals surface area contributed by atoms with Crippen molar-refractivity contribution in [2.24, 2.45) is 0 Å². The van der Waals surface area contributed by atoms with E-state index >= 15 is 0 Å². The van der Waals surface area contributed by atoms with E-state index in [9.17, 15) is 0 Å². The minimum absolute atomic E-state index is 1.02. The largest absolute Gasteiger partial charge is 0.319 e. The molecule has 0 aliphatic heterocycles. The van der Waals surface area contributed by atoms with Crippen LogP contribution in [0.15, 0.2) is 30.0 Å². The average molecular weight is 213 g/mol. The van der Waals surface area contributed by atoms with Crippen LogP contribution in [0.1, 0.15) is 37.3 Å². The van der Waals surface area contributed by atoms with Gasteiger partial charge in [-0.05, 0) is 37.6 Å². The van der Waals surface area contributed by atoms with Crippen molar-refractivity contribution in [1.29, 1.82) is 0 Å². The topological polar surface area (TPSA) is 12.0 Å². The zero-order valence-corrected chi connectivity index (χ0v) is 10.1. The van der Waals surface area contributed by atoms with E-state index in [-0.39, 0.29) is 0 Å². The van der Waals surface area contributed by atoms with Gasteiger partial charge in [0.15, 0.2) is 0 Å². The Bertz CT molecular complexity index is 437. The molecule has 0 spiro atoms. The predicted octanol–water partition coefficient (Wildman–Crippen LogP) is 3.48. The number of fused-ring (bicyclic) bond motifs is 1. The van der Waals surface area contributed by atoms with Crippen LogP contribution < -0.4 is 5.32 Å². The molecule has 0 saturated carbocycles.